The molecular weight excluding hydrogens is 368 g/mol. The zero-order valence-electron chi connectivity index (χ0n) is 15.9. The van der Waals surface area contributed by atoms with Gasteiger partial charge in [-0.1, -0.05) is 11.6 Å². The average molecular weight is 397 g/mol. The van der Waals surface area contributed by atoms with Crippen LogP contribution in [0.2, 0.25) is 5.02 Å². The second-order valence-corrected chi connectivity index (χ2v) is 8.05. The van der Waals surface area contributed by atoms with Gasteiger partial charge in [0.1, 0.15) is 5.75 Å². The lowest BCUT2D eigenvalue weighted by Gasteiger charge is -2.43. The number of methoxy groups -OCH3 is 1. The number of aliphatic hydroxyl groups is 1. The molecule has 3 rings (SSSR count). The minimum absolute atomic E-state index is 0.143. The van der Waals surface area contributed by atoms with E-state index in [0.717, 1.165) is 38.7 Å². The Hall–Kier alpha value is -1.50. The Balaban J connectivity index is 1.57. The van der Waals surface area contributed by atoms with Crippen LogP contribution < -0.4 is 10.1 Å². The molecular formula is C20H29ClN2O4. The van der Waals surface area contributed by atoms with Gasteiger partial charge >= 0.3 is 6.03 Å². The summed E-state index contributed by atoms with van der Waals surface area (Å²) in [6.45, 7) is 2.19. The summed E-state index contributed by atoms with van der Waals surface area (Å²) in [5, 5.41) is 13.5. The number of halogens is 1. The number of hydrogen-bond acceptors (Lipinski definition) is 4. The van der Waals surface area contributed by atoms with E-state index in [2.05, 4.69) is 5.32 Å². The predicted octanol–water partition coefficient (Wildman–Crippen LogP) is 3.91. The second-order valence-electron chi connectivity index (χ2n) is 7.61. The summed E-state index contributed by atoms with van der Waals surface area (Å²) in [5.41, 5.74) is 0.414. The summed E-state index contributed by atoms with van der Waals surface area (Å²) in [5.74, 6) is 0.573. The lowest BCUT2D eigenvalue weighted by molar-refractivity contribution is -0.0440. The molecule has 2 aliphatic rings. The Labute approximate surface area is 165 Å². The van der Waals surface area contributed by atoms with Crippen molar-refractivity contribution in [2.24, 2.45) is 5.41 Å². The molecule has 1 aromatic rings. The molecule has 1 aromatic carbocycles. The van der Waals surface area contributed by atoms with E-state index < -0.39 is 0 Å². The van der Waals surface area contributed by atoms with Gasteiger partial charge in [-0.3, -0.25) is 0 Å². The second kappa shape index (κ2) is 9.13. The van der Waals surface area contributed by atoms with Crippen molar-refractivity contribution >= 4 is 23.3 Å². The molecule has 2 saturated heterocycles. The highest BCUT2D eigenvalue weighted by molar-refractivity contribution is 6.31. The number of rotatable bonds is 5. The molecule has 2 heterocycles. The van der Waals surface area contributed by atoms with Gasteiger partial charge in [0.05, 0.1) is 18.9 Å². The number of nitrogens with zero attached hydrogens (tertiary/aromatic N) is 1. The molecule has 0 saturated carbocycles. The number of benzene rings is 1. The first-order valence-electron chi connectivity index (χ1n) is 9.67. The lowest BCUT2D eigenvalue weighted by Crippen LogP contribution is -2.47. The van der Waals surface area contributed by atoms with E-state index in [1.54, 1.807) is 30.2 Å². The number of hydrogen-bond donors (Lipinski definition) is 2. The number of piperidine rings is 1. The van der Waals surface area contributed by atoms with Crippen molar-refractivity contribution in [3.05, 3.63) is 23.2 Å². The molecule has 0 aliphatic carbocycles. The standard InChI is InChI=1S/C20H29ClN2O4/c1-26-18-6-5-15(21)12-17(18)22-19(25)23-9-7-20(14-24,8-10-23)13-16-4-2-3-11-27-16/h5-6,12,16,24H,2-4,7-11,13-14H2,1H3,(H,22,25)/t16-/m1/s1. The van der Waals surface area contributed by atoms with Crippen LogP contribution in [0.1, 0.15) is 38.5 Å². The number of amides is 2. The third-order valence-corrected chi connectivity index (χ3v) is 6.02. The number of carbonyl (C=O) groups excluding carboxylic acids is 1. The fraction of sp³-hybridized carbons (Fsp3) is 0.650. The summed E-state index contributed by atoms with van der Waals surface area (Å²) in [4.78, 5) is 14.5. The van der Waals surface area contributed by atoms with Gasteiger partial charge in [-0.15, -0.1) is 0 Å². The Morgan fingerprint density at radius 3 is 2.81 bits per heavy atom. The fourth-order valence-corrected chi connectivity index (χ4v) is 4.21. The highest BCUT2D eigenvalue weighted by Crippen LogP contribution is 2.38. The molecule has 0 spiro atoms. The Kier molecular flexibility index (Phi) is 6.84. The van der Waals surface area contributed by atoms with Crippen LogP contribution >= 0.6 is 11.6 Å². The van der Waals surface area contributed by atoms with E-state index in [4.69, 9.17) is 21.1 Å². The maximum Gasteiger partial charge on any atom is 0.321 e. The molecule has 150 valence electrons. The minimum atomic E-state index is -0.170. The summed E-state index contributed by atoms with van der Waals surface area (Å²) >= 11 is 6.03. The van der Waals surface area contributed by atoms with Crippen LogP contribution in [0.15, 0.2) is 18.2 Å². The summed E-state index contributed by atoms with van der Waals surface area (Å²) in [7, 11) is 1.56. The van der Waals surface area contributed by atoms with Gasteiger partial charge in [0.25, 0.3) is 0 Å². The van der Waals surface area contributed by atoms with Crippen molar-refractivity contribution in [1.29, 1.82) is 0 Å². The molecule has 1 atom stereocenters. The molecule has 0 radical (unpaired) electrons. The van der Waals surface area contributed by atoms with Crippen molar-refractivity contribution < 1.29 is 19.4 Å². The number of likely N-dealkylation sites (tertiary alicyclic amines) is 1. The molecule has 2 fully saturated rings. The van der Waals surface area contributed by atoms with Crippen LogP contribution in [0, 0.1) is 5.41 Å². The van der Waals surface area contributed by atoms with Gasteiger partial charge in [0.15, 0.2) is 0 Å². The quantitative estimate of drug-likeness (QED) is 0.791. The topological polar surface area (TPSA) is 71.0 Å². The summed E-state index contributed by atoms with van der Waals surface area (Å²) in [6.07, 6.45) is 6.07. The number of urea groups is 1. The van der Waals surface area contributed by atoms with E-state index in [1.807, 2.05) is 0 Å². The Morgan fingerprint density at radius 2 is 2.19 bits per heavy atom. The molecule has 2 N–H and O–H groups in total. The zero-order valence-corrected chi connectivity index (χ0v) is 16.6. The number of anilines is 1. The van der Waals surface area contributed by atoms with Crippen LogP contribution in [-0.2, 0) is 4.74 Å². The van der Waals surface area contributed by atoms with E-state index in [0.29, 0.717) is 29.5 Å². The molecule has 7 heteroatoms. The predicted molar refractivity (Wildman–Crippen MR) is 106 cm³/mol. The smallest absolute Gasteiger partial charge is 0.321 e. The number of ether oxygens (including phenoxy) is 2. The first-order chi connectivity index (χ1) is 13.0. The number of aliphatic hydroxyl groups excluding tert-OH is 1. The zero-order chi connectivity index (χ0) is 19.3. The van der Waals surface area contributed by atoms with Crippen molar-refractivity contribution in [2.75, 3.05) is 38.7 Å². The maximum absolute atomic E-state index is 12.7. The normalized spacial score (nSPS) is 22.3. The minimum Gasteiger partial charge on any atom is -0.495 e. The van der Waals surface area contributed by atoms with Gasteiger partial charge in [-0.2, -0.15) is 0 Å². The van der Waals surface area contributed by atoms with Crippen LogP contribution in [0.4, 0.5) is 10.5 Å². The Morgan fingerprint density at radius 1 is 1.41 bits per heavy atom. The van der Waals surface area contributed by atoms with E-state index in [1.165, 1.54) is 6.42 Å². The molecule has 0 bridgehead atoms. The van der Waals surface area contributed by atoms with Gasteiger partial charge in [-0.05, 0) is 62.1 Å². The van der Waals surface area contributed by atoms with Crippen LogP contribution in [0.5, 0.6) is 5.75 Å². The SMILES string of the molecule is COc1ccc(Cl)cc1NC(=O)N1CCC(CO)(C[C@H]2CCCCO2)CC1. The molecule has 6 nitrogen and oxygen atoms in total. The van der Waals surface area contributed by atoms with Gasteiger partial charge in [0, 0.05) is 31.3 Å². The van der Waals surface area contributed by atoms with Crippen LogP contribution in [0.25, 0.3) is 0 Å². The highest BCUT2D eigenvalue weighted by atomic mass is 35.5. The summed E-state index contributed by atoms with van der Waals surface area (Å²) < 4.78 is 11.2. The number of nitrogens with one attached hydrogen (secondary N) is 1. The van der Waals surface area contributed by atoms with Crippen LogP contribution in [0.3, 0.4) is 0 Å². The largest absolute Gasteiger partial charge is 0.495 e. The average Bonchev–Trinajstić information content (AvgIpc) is 2.69. The first-order valence-corrected chi connectivity index (χ1v) is 10.0. The monoisotopic (exact) mass is 396 g/mol. The van der Waals surface area contributed by atoms with Crippen molar-refractivity contribution in [3.63, 3.8) is 0 Å². The molecule has 0 unspecified atom stereocenters. The third-order valence-electron chi connectivity index (χ3n) is 5.78. The van der Waals surface area contributed by atoms with Gasteiger partial charge < -0.3 is 24.8 Å². The van der Waals surface area contributed by atoms with Gasteiger partial charge in [-0.25, -0.2) is 4.79 Å². The van der Waals surface area contributed by atoms with Crippen molar-refractivity contribution in [1.82, 2.24) is 4.90 Å². The maximum atomic E-state index is 12.7. The van der Waals surface area contributed by atoms with Gasteiger partial charge in [0.2, 0.25) is 0 Å². The highest BCUT2D eigenvalue weighted by Gasteiger charge is 2.38. The van der Waals surface area contributed by atoms with Crippen LogP contribution in [-0.4, -0.2) is 55.6 Å². The molecule has 2 amide bonds. The molecule has 27 heavy (non-hydrogen) atoms. The molecule has 2 aliphatic heterocycles. The fourth-order valence-electron chi connectivity index (χ4n) is 4.03. The van der Waals surface area contributed by atoms with E-state index in [9.17, 15) is 9.90 Å². The summed E-state index contributed by atoms with van der Waals surface area (Å²) in [6, 6.07) is 4.96. The van der Waals surface area contributed by atoms with Crippen molar-refractivity contribution in [3.8, 4) is 5.75 Å². The third kappa shape index (κ3) is 5.06. The van der Waals surface area contributed by atoms with E-state index >= 15 is 0 Å². The lowest BCUT2D eigenvalue weighted by atomic mass is 9.74. The van der Waals surface area contributed by atoms with E-state index in [-0.39, 0.29) is 24.2 Å². The Bertz CT molecular complexity index is 641. The number of carbonyl (C=O) groups is 1. The molecule has 0 aromatic heterocycles. The first kappa shape index (κ1) is 20.2. The van der Waals surface area contributed by atoms with Crippen molar-refractivity contribution in [2.45, 2.75) is 44.6 Å².